The zero-order valence-electron chi connectivity index (χ0n) is 16.1. The van der Waals surface area contributed by atoms with Crippen LogP contribution in [-0.2, 0) is 25.6 Å². The van der Waals surface area contributed by atoms with Gasteiger partial charge in [-0.25, -0.2) is 4.79 Å². The smallest absolute Gasteiger partial charge is 0.326 e. The van der Waals surface area contributed by atoms with E-state index in [0.29, 0.717) is 5.56 Å². The van der Waals surface area contributed by atoms with E-state index in [-0.39, 0.29) is 12.2 Å². The summed E-state index contributed by atoms with van der Waals surface area (Å²) in [6.07, 6.45) is -0.0751. The molecule has 11 nitrogen and oxygen atoms in total. The number of rotatable bonds is 10. The molecule has 160 valence electrons. The second-order valence-corrected chi connectivity index (χ2v) is 6.53. The van der Waals surface area contributed by atoms with Gasteiger partial charge in [0.2, 0.25) is 17.7 Å². The SMILES string of the molecule is CC(N)C(=O)NC(C)C(=O)NC(CO)C(=O)NC(Cc1ccc(O)cc1)C(=O)O. The minimum absolute atomic E-state index is 0.0120. The molecule has 29 heavy (non-hydrogen) atoms. The number of carboxylic acids is 1. The number of phenolic OH excluding ortho intramolecular Hbond substituents is 1. The fourth-order valence-electron chi connectivity index (χ4n) is 2.24. The van der Waals surface area contributed by atoms with Gasteiger partial charge in [-0.05, 0) is 31.5 Å². The van der Waals surface area contributed by atoms with Crippen LogP contribution in [0.25, 0.3) is 0 Å². The van der Waals surface area contributed by atoms with Crippen molar-refractivity contribution in [3.8, 4) is 5.75 Å². The normalized spacial score (nSPS) is 14.8. The molecular weight excluding hydrogens is 384 g/mol. The number of aliphatic carboxylic acids is 1. The van der Waals surface area contributed by atoms with Crippen molar-refractivity contribution in [3.05, 3.63) is 29.8 Å². The number of nitrogens with two attached hydrogens (primary N) is 1. The third-order valence-electron chi connectivity index (χ3n) is 3.97. The Balaban J connectivity index is 2.73. The number of nitrogens with one attached hydrogen (secondary N) is 3. The van der Waals surface area contributed by atoms with E-state index in [0.717, 1.165) is 0 Å². The maximum Gasteiger partial charge on any atom is 0.326 e. The van der Waals surface area contributed by atoms with Crippen LogP contribution in [0, 0.1) is 0 Å². The number of hydrogen-bond donors (Lipinski definition) is 7. The number of hydrogen-bond acceptors (Lipinski definition) is 7. The summed E-state index contributed by atoms with van der Waals surface area (Å²) in [6, 6.07) is 1.17. The quantitative estimate of drug-likeness (QED) is 0.227. The molecule has 0 fully saturated rings. The van der Waals surface area contributed by atoms with E-state index in [2.05, 4.69) is 16.0 Å². The molecule has 0 heterocycles. The molecule has 4 unspecified atom stereocenters. The molecule has 0 bridgehead atoms. The summed E-state index contributed by atoms with van der Waals surface area (Å²) in [5.74, 6) is -3.53. The molecule has 0 aromatic heterocycles. The predicted molar refractivity (Wildman–Crippen MR) is 102 cm³/mol. The van der Waals surface area contributed by atoms with Crippen LogP contribution in [0.15, 0.2) is 24.3 Å². The molecule has 0 saturated heterocycles. The first-order valence-corrected chi connectivity index (χ1v) is 8.83. The largest absolute Gasteiger partial charge is 0.508 e. The van der Waals surface area contributed by atoms with E-state index >= 15 is 0 Å². The zero-order chi connectivity index (χ0) is 22.1. The second kappa shape index (κ2) is 11.0. The summed E-state index contributed by atoms with van der Waals surface area (Å²) in [4.78, 5) is 47.4. The maximum absolute atomic E-state index is 12.3. The van der Waals surface area contributed by atoms with Gasteiger partial charge in [-0.1, -0.05) is 12.1 Å². The second-order valence-electron chi connectivity index (χ2n) is 6.53. The van der Waals surface area contributed by atoms with Gasteiger partial charge < -0.3 is 37.0 Å². The fourth-order valence-corrected chi connectivity index (χ4v) is 2.24. The van der Waals surface area contributed by atoms with Gasteiger partial charge in [0.25, 0.3) is 0 Å². The van der Waals surface area contributed by atoms with E-state index in [4.69, 9.17) is 5.73 Å². The summed E-state index contributed by atoms with van der Waals surface area (Å²) in [6.45, 7) is 2.02. The lowest BCUT2D eigenvalue weighted by molar-refractivity contribution is -0.142. The minimum Gasteiger partial charge on any atom is -0.508 e. The average Bonchev–Trinajstić information content (AvgIpc) is 2.66. The Labute approximate surface area is 167 Å². The number of aliphatic hydroxyl groups excluding tert-OH is 1. The summed E-state index contributed by atoms with van der Waals surface area (Å²) >= 11 is 0. The number of aromatic hydroxyl groups is 1. The van der Waals surface area contributed by atoms with E-state index in [1.807, 2.05) is 0 Å². The Bertz CT molecular complexity index is 736. The van der Waals surface area contributed by atoms with Crippen LogP contribution in [0.5, 0.6) is 5.75 Å². The molecule has 1 rings (SSSR count). The van der Waals surface area contributed by atoms with Gasteiger partial charge >= 0.3 is 5.97 Å². The van der Waals surface area contributed by atoms with Crippen molar-refractivity contribution in [3.63, 3.8) is 0 Å². The van der Waals surface area contributed by atoms with Crippen LogP contribution in [0.1, 0.15) is 19.4 Å². The van der Waals surface area contributed by atoms with Crippen molar-refractivity contribution in [2.75, 3.05) is 6.61 Å². The Hall–Kier alpha value is -3.18. The Morgan fingerprint density at radius 3 is 1.97 bits per heavy atom. The average molecular weight is 410 g/mol. The van der Waals surface area contributed by atoms with E-state index in [1.54, 1.807) is 0 Å². The lowest BCUT2D eigenvalue weighted by atomic mass is 10.1. The molecule has 3 amide bonds. The van der Waals surface area contributed by atoms with Crippen molar-refractivity contribution in [1.82, 2.24) is 16.0 Å². The van der Waals surface area contributed by atoms with Gasteiger partial charge in [-0.3, -0.25) is 14.4 Å². The molecule has 0 radical (unpaired) electrons. The molecule has 11 heteroatoms. The molecular formula is C18H26N4O7. The molecule has 0 aliphatic carbocycles. The van der Waals surface area contributed by atoms with Crippen LogP contribution >= 0.6 is 0 Å². The van der Waals surface area contributed by atoms with Gasteiger partial charge in [0.05, 0.1) is 12.6 Å². The maximum atomic E-state index is 12.3. The third-order valence-corrected chi connectivity index (χ3v) is 3.97. The van der Waals surface area contributed by atoms with Crippen LogP contribution in [0.2, 0.25) is 0 Å². The van der Waals surface area contributed by atoms with Crippen molar-refractivity contribution in [2.45, 2.75) is 44.4 Å². The standard InChI is InChI=1S/C18H26N4O7/c1-9(19)15(25)20-10(2)16(26)22-14(8-23)17(27)21-13(18(28)29)7-11-3-5-12(24)6-4-11/h3-6,9-10,13-14,23-24H,7-8,19H2,1-2H3,(H,20,25)(H,21,27)(H,22,26)(H,28,29). The highest BCUT2D eigenvalue weighted by atomic mass is 16.4. The van der Waals surface area contributed by atoms with Crippen molar-refractivity contribution in [2.24, 2.45) is 5.73 Å². The third kappa shape index (κ3) is 7.76. The predicted octanol–water partition coefficient (Wildman–Crippen LogP) is -2.17. The van der Waals surface area contributed by atoms with Crippen LogP contribution in [-0.4, -0.2) is 69.8 Å². The Kier molecular flexibility index (Phi) is 9.03. The first kappa shape index (κ1) is 23.9. The molecule has 0 aliphatic heterocycles. The summed E-state index contributed by atoms with van der Waals surface area (Å²) in [7, 11) is 0. The van der Waals surface area contributed by atoms with Crippen molar-refractivity contribution < 1.29 is 34.5 Å². The first-order valence-electron chi connectivity index (χ1n) is 8.83. The lowest BCUT2D eigenvalue weighted by Gasteiger charge is -2.22. The summed E-state index contributed by atoms with van der Waals surface area (Å²) < 4.78 is 0. The number of aliphatic hydroxyl groups is 1. The highest BCUT2D eigenvalue weighted by molar-refractivity contribution is 5.93. The molecule has 0 saturated carbocycles. The molecule has 0 aliphatic rings. The number of carbonyl (C=O) groups excluding carboxylic acids is 3. The number of amides is 3. The number of carbonyl (C=O) groups is 4. The topological polar surface area (TPSA) is 191 Å². The highest BCUT2D eigenvalue weighted by Crippen LogP contribution is 2.11. The van der Waals surface area contributed by atoms with Crippen LogP contribution in [0.3, 0.4) is 0 Å². The molecule has 1 aromatic rings. The van der Waals surface area contributed by atoms with Gasteiger partial charge in [0.1, 0.15) is 23.9 Å². The Morgan fingerprint density at radius 2 is 1.48 bits per heavy atom. The minimum atomic E-state index is -1.42. The van der Waals surface area contributed by atoms with Gasteiger partial charge in [-0.15, -0.1) is 0 Å². The number of benzene rings is 1. The van der Waals surface area contributed by atoms with E-state index < -0.39 is 54.5 Å². The summed E-state index contributed by atoms with van der Waals surface area (Å²) in [5, 5.41) is 34.9. The zero-order valence-corrected chi connectivity index (χ0v) is 16.1. The lowest BCUT2D eigenvalue weighted by Crippen LogP contribution is -2.57. The number of phenols is 1. The molecule has 4 atom stereocenters. The Morgan fingerprint density at radius 1 is 0.931 bits per heavy atom. The van der Waals surface area contributed by atoms with Crippen LogP contribution in [0.4, 0.5) is 0 Å². The number of carboxylic acid groups (broad SMARTS) is 1. The fraction of sp³-hybridized carbons (Fsp3) is 0.444. The molecule has 0 spiro atoms. The van der Waals surface area contributed by atoms with Gasteiger partial charge in [-0.2, -0.15) is 0 Å². The van der Waals surface area contributed by atoms with Crippen molar-refractivity contribution in [1.29, 1.82) is 0 Å². The van der Waals surface area contributed by atoms with Gasteiger partial charge in [0.15, 0.2) is 0 Å². The summed E-state index contributed by atoms with van der Waals surface area (Å²) in [5.41, 5.74) is 5.95. The molecule has 8 N–H and O–H groups in total. The van der Waals surface area contributed by atoms with E-state index in [9.17, 15) is 34.5 Å². The van der Waals surface area contributed by atoms with Gasteiger partial charge in [0, 0.05) is 6.42 Å². The van der Waals surface area contributed by atoms with E-state index in [1.165, 1.54) is 38.1 Å². The van der Waals surface area contributed by atoms with Crippen molar-refractivity contribution >= 4 is 23.7 Å². The molecule has 1 aromatic carbocycles. The highest BCUT2D eigenvalue weighted by Gasteiger charge is 2.28. The first-order chi connectivity index (χ1) is 13.5. The van der Waals surface area contributed by atoms with Crippen LogP contribution < -0.4 is 21.7 Å². The monoisotopic (exact) mass is 410 g/mol.